The van der Waals surface area contributed by atoms with Crippen molar-refractivity contribution in [3.05, 3.63) is 24.8 Å². The van der Waals surface area contributed by atoms with E-state index in [-0.39, 0.29) is 0 Å². The second kappa shape index (κ2) is 5.99. The van der Waals surface area contributed by atoms with E-state index in [1.54, 1.807) is 12.2 Å². The molecule has 1 atom stereocenters. The van der Waals surface area contributed by atoms with Gasteiger partial charge in [0.1, 0.15) is 0 Å². The van der Waals surface area contributed by atoms with Gasteiger partial charge >= 0.3 is 11.9 Å². The van der Waals surface area contributed by atoms with E-state index in [1.807, 2.05) is 0 Å². The molecule has 4 nitrogen and oxygen atoms in total. The van der Waals surface area contributed by atoms with Crippen LogP contribution in [0.5, 0.6) is 0 Å². The number of carboxylic acid groups (broad SMARTS) is 1. The third-order valence-corrected chi connectivity index (χ3v) is 1.20. The fourth-order valence-electron chi connectivity index (χ4n) is 0.524. The van der Waals surface area contributed by atoms with E-state index in [0.717, 1.165) is 0 Å². The molecule has 0 rings (SSSR count). The van der Waals surface area contributed by atoms with Gasteiger partial charge in [0.05, 0.1) is 0 Å². The van der Waals surface area contributed by atoms with E-state index >= 15 is 0 Å². The van der Waals surface area contributed by atoms with Gasteiger partial charge in [-0.25, -0.2) is 9.59 Å². The molecule has 0 saturated heterocycles. The standard InChI is InChI=1S/C9H12O4/c1-3-4-5-6-8(10)13-7(2)9(11)12/h3,5-7H,1,4H2,2H3,(H,11,12). The zero-order valence-electron chi connectivity index (χ0n) is 7.40. The predicted octanol–water partition coefficient (Wildman–Crippen LogP) is 1.14. The van der Waals surface area contributed by atoms with Gasteiger partial charge in [0.15, 0.2) is 6.10 Å². The van der Waals surface area contributed by atoms with Crippen LogP contribution < -0.4 is 0 Å². The number of allylic oxidation sites excluding steroid dienone is 2. The van der Waals surface area contributed by atoms with Crippen LogP contribution in [0, 0.1) is 0 Å². The average Bonchev–Trinajstić information content (AvgIpc) is 2.04. The largest absolute Gasteiger partial charge is 0.479 e. The summed E-state index contributed by atoms with van der Waals surface area (Å²) >= 11 is 0. The molecule has 0 aromatic heterocycles. The average molecular weight is 184 g/mol. The third-order valence-electron chi connectivity index (χ3n) is 1.20. The van der Waals surface area contributed by atoms with Gasteiger partial charge in [-0.1, -0.05) is 12.2 Å². The Morgan fingerprint density at radius 3 is 2.69 bits per heavy atom. The SMILES string of the molecule is C=CCC=CC(=O)OC(C)C(=O)O. The second-order valence-electron chi connectivity index (χ2n) is 2.34. The van der Waals surface area contributed by atoms with Gasteiger partial charge in [0.25, 0.3) is 0 Å². The van der Waals surface area contributed by atoms with E-state index in [2.05, 4.69) is 11.3 Å². The van der Waals surface area contributed by atoms with Gasteiger partial charge in [0, 0.05) is 6.08 Å². The molecule has 72 valence electrons. The Balaban J connectivity index is 3.87. The Bertz CT molecular complexity index is 230. The minimum absolute atomic E-state index is 0.552. The monoisotopic (exact) mass is 184 g/mol. The molecule has 1 N–H and O–H groups in total. The molecule has 4 heteroatoms. The zero-order valence-corrected chi connectivity index (χ0v) is 7.40. The summed E-state index contributed by atoms with van der Waals surface area (Å²) in [5.41, 5.74) is 0. The van der Waals surface area contributed by atoms with Crippen molar-refractivity contribution in [2.75, 3.05) is 0 Å². The van der Waals surface area contributed by atoms with Crippen LogP contribution in [-0.2, 0) is 14.3 Å². The van der Waals surface area contributed by atoms with Crippen LogP contribution in [0.25, 0.3) is 0 Å². The third kappa shape index (κ3) is 5.66. The van der Waals surface area contributed by atoms with Crippen LogP contribution >= 0.6 is 0 Å². The Hall–Kier alpha value is -1.58. The summed E-state index contributed by atoms with van der Waals surface area (Å²) in [5.74, 6) is -1.82. The minimum atomic E-state index is -1.16. The summed E-state index contributed by atoms with van der Waals surface area (Å²) < 4.78 is 4.50. The maximum Gasteiger partial charge on any atom is 0.344 e. The van der Waals surface area contributed by atoms with Gasteiger partial charge in [-0.15, -0.1) is 6.58 Å². The lowest BCUT2D eigenvalue weighted by Crippen LogP contribution is -2.22. The number of hydrogen-bond donors (Lipinski definition) is 1. The Morgan fingerprint density at radius 1 is 1.62 bits per heavy atom. The summed E-state index contributed by atoms with van der Waals surface area (Å²) in [7, 11) is 0. The molecule has 1 unspecified atom stereocenters. The summed E-state index contributed by atoms with van der Waals surface area (Å²) in [6.45, 7) is 4.74. The highest BCUT2D eigenvalue weighted by Crippen LogP contribution is 1.93. The predicted molar refractivity (Wildman–Crippen MR) is 47.1 cm³/mol. The molecule has 0 aliphatic rings. The fourth-order valence-corrected chi connectivity index (χ4v) is 0.524. The van der Waals surface area contributed by atoms with E-state index < -0.39 is 18.0 Å². The lowest BCUT2D eigenvalue weighted by molar-refractivity contribution is -0.159. The lowest BCUT2D eigenvalue weighted by atomic mass is 10.3. The number of esters is 1. The molecular weight excluding hydrogens is 172 g/mol. The van der Waals surface area contributed by atoms with E-state index in [4.69, 9.17) is 5.11 Å². The first kappa shape index (κ1) is 11.4. The van der Waals surface area contributed by atoms with Crippen LogP contribution in [0.3, 0.4) is 0 Å². The Labute approximate surface area is 76.5 Å². The van der Waals surface area contributed by atoms with Crippen LogP contribution in [-0.4, -0.2) is 23.1 Å². The van der Waals surface area contributed by atoms with Crippen molar-refractivity contribution >= 4 is 11.9 Å². The molecule has 0 bridgehead atoms. The number of rotatable bonds is 5. The molecule has 0 aromatic carbocycles. The topological polar surface area (TPSA) is 63.6 Å². The highest BCUT2D eigenvalue weighted by molar-refractivity contribution is 5.84. The van der Waals surface area contributed by atoms with Gasteiger partial charge in [-0.2, -0.15) is 0 Å². The van der Waals surface area contributed by atoms with Crippen LogP contribution in [0.2, 0.25) is 0 Å². The number of carbonyl (C=O) groups is 2. The normalized spacial score (nSPS) is 12.4. The van der Waals surface area contributed by atoms with Crippen molar-refractivity contribution in [3.63, 3.8) is 0 Å². The summed E-state index contributed by atoms with van der Waals surface area (Å²) in [6.07, 6.45) is 3.78. The smallest absolute Gasteiger partial charge is 0.344 e. The van der Waals surface area contributed by atoms with Crippen molar-refractivity contribution in [1.29, 1.82) is 0 Å². The number of ether oxygens (including phenoxy) is 1. The van der Waals surface area contributed by atoms with Crippen molar-refractivity contribution in [2.45, 2.75) is 19.4 Å². The van der Waals surface area contributed by atoms with Crippen LogP contribution in [0.1, 0.15) is 13.3 Å². The molecular formula is C9H12O4. The first-order valence-electron chi connectivity index (χ1n) is 3.78. The molecule has 0 spiro atoms. The maximum atomic E-state index is 10.8. The molecule has 0 aromatic rings. The first-order chi connectivity index (χ1) is 6.07. The highest BCUT2D eigenvalue weighted by atomic mass is 16.6. The van der Waals surface area contributed by atoms with Gasteiger partial charge < -0.3 is 9.84 Å². The molecule has 0 fully saturated rings. The maximum absolute atomic E-state index is 10.8. The Morgan fingerprint density at radius 2 is 2.23 bits per heavy atom. The highest BCUT2D eigenvalue weighted by Gasteiger charge is 2.13. The summed E-state index contributed by atoms with van der Waals surface area (Å²) in [5, 5.41) is 8.38. The molecule has 0 aliphatic heterocycles. The van der Waals surface area contributed by atoms with E-state index in [0.29, 0.717) is 6.42 Å². The van der Waals surface area contributed by atoms with Crippen molar-refractivity contribution in [1.82, 2.24) is 0 Å². The van der Waals surface area contributed by atoms with Gasteiger partial charge in [-0.05, 0) is 13.3 Å². The van der Waals surface area contributed by atoms with Gasteiger partial charge in [0.2, 0.25) is 0 Å². The van der Waals surface area contributed by atoms with E-state index in [1.165, 1.54) is 13.0 Å². The fraction of sp³-hybridized carbons (Fsp3) is 0.333. The quantitative estimate of drug-likeness (QED) is 0.395. The van der Waals surface area contributed by atoms with Crippen LogP contribution in [0.15, 0.2) is 24.8 Å². The molecule has 13 heavy (non-hydrogen) atoms. The van der Waals surface area contributed by atoms with Crippen molar-refractivity contribution < 1.29 is 19.4 Å². The molecule has 0 amide bonds. The van der Waals surface area contributed by atoms with Crippen molar-refractivity contribution in [3.8, 4) is 0 Å². The van der Waals surface area contributed by atoms with Crippen LogP contribution in [0.4, 0.5) is 0 Å². The number of carboxylic acids is 1. The first-order valence-corrected chi connectivity index (χ1v) is 3.78. The molecule has 0 aliphatic carbocycles. The minimum Gasteiger partial charge on any atom is -0.479 e. The number of carbonyl (C=O) groups excluding carboxylic acids is 1. The number of aliphatic carboxylic acids is 1. The summed E-state index contributed by atoms with van der Waals surface area (Å²) in [6, 6.07) is 0. The van der Waals surface area contributed by atoms with Crippen molar-refractivity contribution in [2.24, 2.45) is 0 Å². The zero-order chi connectivity index (χ0) is 10.3. The van der Waals surface area contributed by atoms with E-state index in [9.17, 15) is 9.59 Å². The Kier molecular flexibility index (Phi) is 5.27. The molecule has 0 saturated carbocycles. The summed E-state index contributed by atoms with van der Waals surface area (Å²) in [4.78, 5) is 21.1. The number of hydrogen-bond acceptors (Lipinski definition) is 3. The second-order valence-corrected chi connectivity index (χ2v) is 2.34. The van der Waals surface area contributed by atoms with Gasteiger partial charge in [-0.3, -0.25) is 0 Å². The molecule has 0 radical (unpaired) electrons. The molecule has 0 heterocycles. The lowest BCUT2D eigenvalue weighted by Gasteiger charge is -2.05.